The number of nitrogens with zero attached hydrogens (tertiary/aromatic N) is 1. The molecule has 0 atom stereocenters. The molecule has 0 spiro atoms. The Morgan fingerprint density at radius 1 is 0.943 bits per heavy atom. The Balaban J connectivity index is 1.71. The van der Waals surface area contributed by atoms with Crippen molar-refractivity contribution in [3.8, 4) is 5.75 Å². The van der Waals surface area contributed by atoms with Gasteiger partial charge in [-0.3, -0.25) is 9.59 Å². The highest BCUT2D eigenvalue weighted by atomic mass is 35.5. The van der Waals surface area contributed by atoms with Gasteiger partial charge in [0.1, 0.15) is 5.75 Å². The average Bonchev–Trinajstić information content (AvgIpc) is 2.82. The van der Waals surface area contributed by atoms with E-state index in [2.05, 4.69) is 22.8 Å². The van der Waals surface area contributed by atoms with Crippen molar-refractivity contribution < 1.29 is 19.1 Å². The van der Waals surface area contributed by atoms with Crippen LogP contribution in [0.4, 0.5) is 0 Å². The standard InChI is InChI=1S/C26H31Cl2N3O4/c1-2-3-4-5-6-7-8-12-24(32)29-18-25(33)31-30-17-19-10-9-11-21(15-19)35-26(34)22-14-13-20(27)16-23(22)28/h9-11,13-17H,2-8,12,18H2,1H3,(H,29,32)(H,31,33)/b30-17+. The first-order chi connectivity index (χ1) is 16.9. The lowest BCUT2D eigenvalue weighted by Gasteiger charge is -2.07. The number of esters is 1. The zero-order chi connectivity index (χ0) is 25.5. The Kier molecular flexibility index (Phi) is 12.9. The van der Waals surface area contributed by atoms with Gasteiger partial charge >= 0.3 is 5.97 Å². The molecule has 35 heavy (non-hydrogen) atoms. The molecule has 0 heterocycles. The fraction of sp³-hybridized carbons (Fsp3) is 0.385. The van der Waals surface area contributed by atoms with Crippen molar-refractivity contribution in [2.24, 2.45) is 5.10 Å². The molecule has 0 aliphatic rings. The predicted octanol–water partition coefficient (Wildman–Crippen LogP) is 5.92. The number of ether oxygens (including phenoxy) is 1. The van der Waals surface area contributed by atoms with Gasteiger partial charge in [0, 0.05) is 11.4 Å². The maximum absolute atomic E-state index is 12.3. The van der Waals surface area contributed by atoms with Crippen molar-refractivity contribution in [3.63, 3.8) is 0 Å². The number of amides is 2. The van der Waals surface area contributed by atoms with E-state index in [0.717, 1.165) is 19.3 Å². The number of hydrazone groups is 1. The number of halogens is 2. The number of hydrogen-bond donors (Lipinski definition) is 2. The van der Waals surface area contributed by atoms with Crippen LogP contribution in [0.1, 0.15) is 74.2 Å². The van der Waals surface area contributed by atoms with Crippen LogP contribution in [0.25, 0.3) is 0 Å². The number of nitrogens with one attached hydrogen (secondary N) is 2. The fourth-order valence-electron chi connectivity index (χ4n) is 3.20. The molecule has 2 amide bonds. The topological polar surface area (TPSA) is 96.9 Å². The van der Waals surface area contributed by atoms with E-state index in [4.69, 9.17) is 27.9 Å². The molecule has 0 aliphatic heterocycles. The maximum atomic E-state index is 12.3. The molecule has 0 aliphatic carbocycles. The number of benzene rings is 2. The Hall–Kier alpha value is -2.90. The van der Waals surface area contributed by atoms with Crippen LogP contribution in [0.5, 0.6) is 5.75 Å². The largest absolute Gasteiger partial charge is 0.423 e. The van der Waals surface area contributed by atoms with Crippen LogP contribution in [0, 0.1) is 0 Å². The SMILES string of the molecule is CCCCCCCCCC(=O)NCC(=O)N/N=C/c1cccc(OC(=O)c2ccc(Cl)cc2Cl)c1. The minimum atomic E-state index is -0.624. The molecule has 2 N–H and O–H groups in total. The number of carbonyl (C=O) groups excluding carboxylic acids is 3. The van der Waals surface area contributed by atoms with Gasteiger partial charge in [-0.2, -0.15) is 5.10 Å². The van der Waals surface area contributed by atoms with Gasteiger partial charge in [-0.1, -0.05) is 80.8 Å². The Labute approximate surface area is 216 Å². The number of unbranched alkanes of at least 4 members (excludes halogenated alkanes) is 6. The van der Waals surface area contributed by atoms with Crippen molar-refractivity contribution in [1.82, 2.24) is 10.7 Å². The summed E-state index contributed by atoms with van der Waals surface area (Å²) in [7, 11) is 0. The predicted molar refractivity (Wildman–Crippen MR) is 139 cm³/mol. The van der Waals surface area contributed by atoms with Gasteiger partial charge in [0.2, 0.25) is 5.91 Å². The zero-order valence-electron chi connectivity index (χ0n) is 19.8. The van der Waals surface area contributed by atoms with Gasteiger partial charge < -0.3 is 10.1 Å². The number of hydrogen-bond acceptors (Lipinski definition) is 5. The highest BCUT2D eigenvalue weighted by molar-refractivity contribution is 6.36. The number of rotatable bonds is 14. The first-order valence-electron chi connectivity index (χ1n) is 11.7. The second kappa shape index (κ2) is 15.9. The number of carbonyl (C=O) groups is 3. The summed E-state index contributed by atoms with van der Waals surface area (Å²) in [5.41, 5.74) is 3.15. The minimum absolute atomic E-state index is 0.145. The van der Waals surface area contributed by atoms with E-state index >= 15 is 0 Å². The summed E-state index contributed by atoms with van der Waals surface area (Å²) in [6.07, 6.45) is 9.74. The molecule has 0 radical (unpaired) electrons. The van der Waals surface area contributed by atoms with Gasteiger partial charge in [-0.05, 0) is 42.3 Å². The van der Waals surface area contributed by atoms with Crippen LogP contribution >= 0.6 is 23.2 Å². The summed E-state index contributed by atoms with van der Waals surface area (Å²) in [4.78, 5) is 36.1. The first-order valence-corrected chi connectivity index (χ1v) is 12.5. The van der Waals surface area contributed by atoms with E-state index < -0.39 is 11.9 Å². The van der Waals surface area contributed by atoms with E-state index in [1.807, 2.05) is 0 Å². The fourth-order valence-corrected chi connectivity index (χ4v) is 3.69. The third-order valence-corrected chi connectivity index (χ3v) is 5.62. The van der Waals surface area contributed by atoms with Crippen LogP contribution in [0.15, 0.2) is 47.6 Å². The summed E-state index contributed by atoms with van der Waals surface area (Å²) in [5, 5.41) is 7.08. The Morgan fingerprint density at radius 2 is 1.69 bits per heavy atom. The van der Waals surface area contributed by atoms with Crippen molar-refractivity contribution in [3.05, 3.63) is 63.6 Å². The molecule has 0 fully saturated rings. The van der Waals surface area contributed by atoms with Gasteiger partial charge in [-0.25, -0.2) is 10.2 Å². The van der Waals surface area contributed by atoms with Gasteiger partial charge in [-0.15, -0.1) is 0 Å². The zero-order valence-corrected chi connectivity index (χ0v) is 21.3. The highest BCUT2D eigenvalue weighted by Gasteiger charge is 2.13. The van der Waals surface area contributed by atoms with E-state index in [-0.39, 0.29) is 28.8 Å². The maximum Gasteiger partial charge on any atom is 0.345 e. The lowest BCUT2D eigenvalue weighted by Crippen LogP contribution is -2.34. The summed E-state index contributed by atoms with van der Waals surface area (Å²) in [6.45, 7) is 2.04. The third kappa shape index (κ3) is 11.4. The third-order valence-electron chi connectivity index (χ3n) is 5.08. The molecular formula is C26H31Cl2N3O4. The Bertz CT molecular complexity index is 1030. The van der Waals surface area contributed by atoms with Crippen molar-refractivity contribution in [1.29, 1.82) is 0 Å². The monoisotopic (exact) mass is 519 g/mol. The summed E-state index contributed by atoms with van der Waals surface area (Å²) < 4.78 is 5.36. The molecule has 0 saturated carbocycles. The molecule has 0 saturated heterocycles. The summed E-state index contributed by atoms with van der Waals surface area (Å²) >= 11 is 11.9. The van der Waals surface area contributed by atoms with Crippen LogP contribution in [0.2, 0.25) is 10.0 Å². The van der Waals surface area contributed by atoms with Gasteiger partial charge in [0.15, 0.2) is 0 Å². The van der Waals surface area contributed by atoms with E-state index in [1.165, 1.54) is 44.0 Å². The highest BCUT2D eigenvalue weighted by Crippen LogP contribution is 2.23. The molecule has 0 unspecified atom stereocenters. The molecule has 2 aromatic rings. The minimum Gasteiger partial charge on any atom is -0.423 e. The normalized spacial score (nSPS) is 10.8. The molecular weight excluding hydrogens is 489 g/mol. The van der Waals surface area contributed by atoms with Crippen LogP contribution in [-0.4, -0.2) is 30.5 Å². The van der Waals surface area contributed by atoms with Crippen molar-refractivity contribution >= 4 is 47.2 Å². The van der Waals surface area contributed by atoms with Crippen molar-refractivity contribution in [2.45, 2.75) is 58.3 Å². The molecule has 9 heteroatoms. The summed E-state index contributed by atoms with van der Waals surface area (Å²) in [5.74, 6) is -0.919. The van der Waals surface area contributed by atoms with E-state index in [9.17, 15) is 14.4 Å². The lowest BCUT2D eigenvalue weighted by atomic mass is 10.1. The molecule has 0 bridgehead atoms. The molecule has 2 aromatic carbocycles. The van der Waals surface area contributed by atoms with Gasteiger partial charge in [0.25, 0.3) is 5.91 Å². The van der Waals surface area contributed by atoms with Crippen LogP contribution in [0.3, 0.4) is 0 Å². The molecule has 188 valence electrons. The molecule has 2 rings (SSSR count). The van der Waals surface area contributed by atoms with E-state index in [1.54, 1.807) is 30.3 Å². The van der Waals surface area contributed by atoms with Gasteiger partial charge in [0.05, 0.1) is 23.3 Å². The van der Waals surface area contributed by atoms with Crippen LogP contribution in [-0.2, 0) is 9.59 Å². The van der Waals surface area contributed by atoms with E-state index in [0.29, 0.717) is 17.0 Å². The lowest BCUT2D eigenvalue weighted by molar-refractivity contribution is -0.126. The second-order valence-corrected chi connectivity index (χ2v) is 8.87. The Morgan fingerprint density at radius 3 is 2.43 bits per heavy atom. The average molecular weight is 520 g/mol. The quantitative estimate of drug-likeness (QED) is 0.106. The first kappa shape index (κ1) is 28.3. The molecule has 0 aromatic heterocycles. The molecule has 7 nitrogen and oxygen atoms in total. The van der Waals surface area contributed by atoms with Crippen LogP contribution < -0.4 is 15.5 Å². The second-order valence-electron chi connectivity index (χ2n) is 8.03. The van der Waals surface area contributed by atoms with Crippen molar-refractivity contribution in [2.75, 3.05) is 6.54 Å². The smallest absolute Gasteiger partial charge is 0.345 e. The summed E-state index contributed by atoms with van der Waals surface area (Å²) in [6, 6.07) is 11.1.